The zero-order chi connectivity index (χ0) is 47.6. The number of nitroso groups, excluding NO2 is 1. The number of carbonyl (C=O) groups excluding carboxylic acids is 4. The van der Waals surface area contributed by atoms with Crippen molar-refractivity contribution in [1.82, 2.24) is 30.2 Å². The van der Waals surface area contributed by atoms with Gasteiger partial charge in [-0.05, 0) is 92.2 Å². The largest absolute Gasteiger partial charge is 0.464 e. The van der Waals surface area contributed by atoms with Crippen molar-refractivity contribution in [2.45, 2.75) is 117 Å². The molecule has 5 heterocycles. The van der Waals surface area contributed by atoms with Crippen LogP contribution in [0.5, 0.6) is 0 Å². The van der Waals surface area contributed by atoms with Gasteiger partial charge in [0.1, 0.15) is 17.0 Å². The molecule has 0 saturated carbocycles. The number of likely N-dealkylation sites (tertiary alicyclic amines) is 1. The maximum atomic E-state index is 14.7. The molecule has 6 atom stereocenters. The minimum Gasteiger partial charge on any atom is -0.464 e. The second-order valence-electron chi connectivity index (χ2n) is 19.6. The van der Waals surface area contributed by atoms with Gasteiger partial charge in [0, 0.05) is 73.4 Å². The highest BCUT2D eigenvalue weighted by Crippen LogP contribution is 2.41. The summed E-state index contributed by atoms with van der Waals surface area (Å²) < 4.78 is 14.2. The van der Waals surface area contributed by atoms with Crippen LogP contribution in [0, 0.1) is 34.0 Å². The summed E-state index contributed by atoms with van der Waals surface area (Å²) in [7, 11) is 5.38. The number of likely N-dealkylation sites (N-methyl/N-ethyl adjacent to an activating group) is 1. The van der Waals surface area contributed by atoms with Crippen molar-refractivity contribution in [3.8, 4) is 23.0 Å². The molecule has 15 heteroatoms. The van der Waals surface area contributed by atoms with Crippen LogP contribution >= 0.6 is 0 Å². The summed E-state index contributed by atoms with van der Waals surface area (Å²) in [5, 5.41) is 6.97. The van der Waals surface area contributed by atoms with Crippen LogP contribution in [0.2, 0.25) is 0 Å². The Morgan fingerprint density at radius 2 is 1.86 bits per heavy atom. The molecular weight excluding hydrogens is 837 g/mol. The van der Waals surface area contributed by atoms with Crippen LogP contribution in [0.1, 0.15) is 91.0 Å². The molecule has 0 unspecified atom stereocenters. The van der Waals surface area contributed by atoms with Gasteiger partial charge in [0.25, 0.3) is 17.9 Å². The Morgan fingerprint density at radius 3 is 2.59 bits per heavy atom. The van der Waals surface area contributed by atoms with Gasteiger partial charge in [-0.2, -0.15) is 0 Å². The van der Waals surface area contributed by atoms with Crippen LogP contribution in [0.3, 0.4) is 0 Å². The van der Waals surface area contributed by atoms with Gasteiger partial charge in [-0.1, -0.05) is 70.9 Å². The number of hydrogen-bond acceptors (Lipinski definition) is 9. The first-order chi connectivity index (χ1) is 31.4. The first kappa shape index (κ1) is 48.1. The molecule has 352 valence electrons. The predicted octanol–water partition coefficient (Wildman–Crippen LogP) is 5.62. The monoisotopic (exact) mass is 904 g/mol. The average Bonchev–Trinajstić information content (AvgIpc) is 3.82. The smallest absolute Gasteiger partial charge is 0.324 e. The summed E-state index contributed by atoms with van der Waals surface area (Å²) in [6.07, 6.45) is 5.16. The van der Waals surface area contributed by atoms with Gasteiger partial charge in [0.15, 0.2) is 6.04 Å². The van der Waals surface area contributed by atoms with Crippen molar-refractivity contribution >= 4 is 46.4 Å². The number of methoxy groups -OCH3 is 1. The normalized spacial score (nSPS) is 23.2. The lowest BCUT2D eigenvalue weighted by Crippen LogP contribution is -2.62. The molecule has 0 spiro atoms. The van der Waals surface area contributed by atoms with Gasteiger partial charge in [-0.3, -0.25) is 29.2 Å². The Hall–Kier alpha value is -5.85. The molecule has 3 aromatic rings. The van der Waals surface area contributed by atoms with Crippen molar-refractivity contribution in [1.29, 1.82) is 0 Å². The third-order valence-corrected chi connectivity index (χ3v) is 13.7. The number of nitrogens with one attached hydrogen (secondary N) is 2. The van der Waals surface area contributed by atoms with E-state index in [2.05, 4.69) is 78.4 Å². The Balaban J connectivity index is 1.27. The van der Waals surface area contributed by atoms with Gasteiger partial charge in [0.05, 0.1) is 36.9 Å². The maximum absolute atomic E-state index is 14.7. The molecule has 2 N–H and O–H groups in total. The van der Waals surface area contributed by atoms with Crippen LogP contribution in [0.4, 0.5) is 0 Å². The molecule has 2 saturated heterocycles. The molecule has 4 aliphatic rings. The Labute approximate surface area is 388 Å². The Bertz CT molecular complexity index is 2510. The van der Waals surface area contributed by atoms with E-state index < -0.39 is 47.4 Å². The summed E-state index contributed by atoms with van der Waals surface area (Å²) in [6.45, 7) is 14.5. The van der Waals surface area contributed by atoms with Gasteiger partial charge in [-0.25, -0.2) is 5.43 Å². The maximum Gasteiger partial charge on any atom is 0.324 e. The number of benzene rings is 2. The number of ether oxygens (including phenoxy) is 2. The van der Waals surface area contributed by atoms with E-state index in [4.69, 9.17) is 14.5 Å². The van der Waals surface area contributed by atoms with E-state index in [0.29, 0.717) is 32.4 Å². The van der Waals surface area contributed by atoms with E-state index in [-0.39, 0.29) is 43.4 Å². The summed E-state index contributed by atoms with van der Waals surface area (Å²) in [5.41, 5.74) is 10.8. The number of allylic oxidation sites excluding steroid dienone is 1. The first-order valence-electron chi connectivity index (χ1n) is 23.4. The van der Waals surface area contributed by atoms with Gasteiger partial charge < -0.3 is 24.3 Å². The molecule has 2 aromatic carbocycles. The van der Waals surface area contributed by atoms with E-state index >= 15 is 0 Å². The molecular formula is C51H67N8O7+. The van der Waals surface area contributed by atoms with Crippen molar-refractivity contribution in [3.63, 3.8) is 0 Å². The Kier molecular flexibility index (Phi) is 14.5. The standard InChI is InChI=1S/C51H66N8O7/c1-11-15-44(60)57-28-32(4)43(29-57)59(64)56(9)46(31(2)3)48(61)53-41-25-34-16-12-17-35(24-34)36-20-21-42-38(26-36)39(47(55(42)8)37-18-13-22-52-45(37)33(5)65-10)27-51(6,7)30-66-50(63)40-19-14-23-58(54-40)49(41)62/h12,16-17,20-22,24,26,31-33,40-41,43,46,54H,13-14,18-19,23,25,27-30H2,1-10H3/p+1/t32-,33-,40-,41-,43+,46-/m0/s1. The number of nitrogens with zero attached hydrogens (tertiary/aromatic N) is 6. The third kappa shape index (κ3) is 9.95. The van der Waals surface area contributed by atoms with E-state index in [0.717, 1.165) is 67.8 Å². The molecule has 4 aliphatic heterocycles. The van der Waals surface area contributed by atoms with Crippen molar-refractivity contribution in [2.24, 2.45) is 29.3 Å². The summed E-state index contributed by atoms with van der Waals surface area (Å²) in [6, 6.07) is 11.1. The number of aryl methyl sites for hydroxylation is 1. The zero-order valence-electron chi connectivity index (χ0n) is 40.3. The number of fused-ring (bicyclic) bond motifs is 6. The van der Waals surface area contributed by atoms with Crippen LogP contribution < -0.4 is 10.7 Å². The minimum atomic E-state index is -1.06. The molecule has 1 aromatic heterocycles. The zero-order valence-corrected chi connectivity index (χ0v) is 40.3. The van der Waals surface area contributed by atoms with Gasteiger partial charge >= 0.3 is 5.97 Å². The van der Waals surface area contributed by atoms with Crippen LogP contribution in [-0.2, 0) is 48.5 Å². The van der Waals surface area contributed by atoms with E-state index in [1.165, 1.54) is 10.0 Å². The molecule has 0 radical (unpaired) electrons. The number of rotatable bonds is 9. The lowest BCUT2D eigenvalue weighted by Gasteiger charge is -2.36. The lowest BCUT2D eigenvalue weighted by molar-refractivity contribution is -0.736. The summed E-state index contributed by atoms with van der Waals surface area (Å²) in [4.78, 5) is 77.1. The number of hydrazine groups is 2. The number of amides is 3. The van der Waals surface area contributed by atoms with Crippen molar-refractivity contribution in [2.75, 3.05) is 40.4 Å². The van der Waals surface area contributed by atoms with E-state index in [1.54, 1.807) is 26.0 Å². The second-order valence-corrected chi connectivity index (χ2v) is 19.6. The highest BCUT2D eigenvalue weighted by atomic mass is 16.5. The fourth-order valence-electron chi connectivity index (χ4n) is 10.2. The Morgan fingerprint density at radius 1 is 1.11 bits per heavy atom. The average molecular weight is 904 g/mol. The van der Waals surface area contributed by atoms with Crippen LogP contribution in [0.15, 0.2) is 53.2 Å². The number of carbonyl (C=O) groups is 4. The first-order valence-corrected chi connectivity index (χ1v) is 23.4. The van der Waals surface area contributed by atoms with E-state index in [9.17, 15) is 24.1 Å². The number of aromatic nitrogens is 1. The van der Waals surface area contributed by atoms with Crippen molar-refractivity contribution in [3.05, 3.63) is 69.9 Å². The molecule has 66 heavy (non-hydrogen) atoms. The van der Waals surface area contributed by atoms with E-state index in [1.807, 2.05) is 46.0 Å². The fraction of sp³-hybridized carbons (Fsp3) is 0.549. The summed E-state index contributed by atoms with van der Waals surface area (Å²) >= 11 is 0. The molecule has 7 rings (SSSR count). The number of esters is 1. The SMILES string of the molecule is CC#CC(=O)N1C[C@@H]([N+](=O)N(C)[C@H](C(=O)N[C@H]2Cc3cccc(c3)-c3ccc4c(c3)c(c(C3=C([C@H](C)OC)N=CCC3)n4C)CC(C)(C)COC(=O)[C@@H]3CCCN(N3)C2=O)C(C)C)[C@@H](C)C1. The predicted molar refractivity (Wildman–Crippen MR) is 254 cm³/mol. The third-order valence-electron chi connectivity index (χ3n) is 13.7. The molecule has 2 fully saturated rings. The van der Waals surface area contributed by atoms with Crippen LogP contribution in [-0.4, -0.2) is 125 Å². The van der Waals surface area contributed by atoms with Crippen molar-refractivity contribution < 1.29 is 33.5 Å². The quantitative estimate of drug-likeness (QED) is 0.120. The lowest BCUT2D eigenvalue weighted by atomic mass is 9.83. The number of hydrogen-bond donors (Lipinski definition) is 2. The summed E-state index contributed by atoms with van der Waals surface area (Å²) in [5.74, 6) is 3.01. The number of aliphatic imine (C=N–C) groups is 1. The molecule has 0 aliphatic carbocycles. The van der Waals surface area contributed by atoms with Gasteiger partial charge in [0.2, 0.25) is 5.91 Å². The number of cyclic esters (lactones) is 1. The highest BCUT2D eigenvalue weighted by molar-refractivity contribution is 5.95. The topological polar surface area (TPSA) is 158 Å². The fourth-order valence-corrected chi connectivity index (χ4v) is 10.2. The molecule has 15 nitrogen and oxygen atoms in total. The molecule has 3 amide bonds. The second kappa shape index (κ2) is 19.9. The van der Waals surface area contributed by atoms with Gasteiger partial charge in [-0.15, -0.1) is 5.01 Å². The van der Waals surface area contributed by atoms with Crippen LogP contribution in [0.25, 0.3) is 27.6 Å². The molecule has 6 bridgehead atoms. The highest BCUT2D eigenvalue weighted by Gasteiger charge is 2.48. The minimum absolute atomic E-state index is 0.142.